The van der Waals surface area contributed by atoms with Crippen molar-refractivity contribution in [3.63, 3.8) is 0 Å². The van der Waals surface area contributed by atoms with E-state index in [-0.39, 0.29) is 57.3 Å². The number of ketones is 2. The Labute approximate surface area is 273 Å². The minimum Gasteiger partial charge on any atom is -0.573 e. The number of nitrogens with zero attached hydrogens (tertiary/aromatic N) is 4. The summed E-state index contributed by atoms with van der Waals surface area (Å²) in [6.07, 6.45) is 3.12. The topological polar surface area (TPSA) is 208 Å². The van der Waals surface area contributed by atoms with Crippen LogP contribution in [0.5, 0.6) is 0 Å². The van der Waals surface area contributed by atoms with E-state index in [1.54, 1.807) is 24.7 Å². The summed E-state index contributed by atoms with van der Waals surface area (Å²) in [5.41, 5.74) is -3.01. The van der Waals surface area contributed by atoms with E-state index < -0.39 is 43.4 Å². The van der Waals surface area contributed by atoms with Gasteiger partial charge in [0.05, 0.1) is 21.4 Å². The molecule has 2 aromatic carbocycles. The van der Waals surface area contributed by atoms with E-state index >= 15 is 0 Å². The zero-order valence-electron chi connectivity index (χ0n) is 23.5. The number of aliphatic hydroxyl groups is 2. The minimum atomic E-state index is -1.11. The van der Waals surface area contributed by atoms with Crippen LogP contribution in [-0.4, -0.2) is 54.7 Å². The van der Waals surface area contributed by atoms with E-state index in [1.165, 1.54) is 64.1 Å². The molecule has 2 aromatic rings. The van der Waals surface area contributed by atoms with Gasteiger partial charge in [0, 0.05) is 45.8 Å². The SMILES string of the molecule is CC(C)(Cc1ccc(Cl)cc1[N+](=O)[O-])C(=O)C(C#N)=[C-]O.CC(C)(Cc1ccc(Cl)cc1[N+](=O)[O-])C(=O)C(C#N)=[C-]O.[Mg+2]. The Hall–Kier alpha value is -4.01. The van der Waals surface area contributed by atoms with E-state index in [2.05, 4.69) is 0 Å². The van der Waals surface area contributed by atoms with Crippen LogP contribution in [-0.2, 0) is 22.4 Å². The average Bonchev–Trinajstić information content (AvgIpc) is 2.91. The molecule has 0 unspecified atom stereocenters. The van der Waals surface area contributed by atoms with Crippen LogP contribution in [0.2, 0.25) is 10.0 Å². The third-order valence-electron chi connectivity index (χ3n) is 5.88. The molecule has 0 aliphatic rings. The van der Waals surface area contributed by atoms with Gasteiger partial charge in [0.2, 0.25) is 0 Å². The maximum Gasteiger partial charge on any atom is 2.00 e. The molecular formula is C28H24Cl2MgN4O8. The molecule has 0 amide bonds. The van der Waals surface area contributed by atoms with Crippen LogP contribution in [0.25, 0.3) is 0 Å². The molecule has 0 atom stereocenters. The number of carbonyl (C=O) groups is 2. The number of carbonyl (C=O) groups excluding carboxylic acids is 2. The number of nitriles is 2. The Morgan fingerprint density at radius 3 is 1.33 bits per heavy atom. The molecule has 0 radical (unpaired) electrons. The summed E-state index contributed by atoms with van der Waals surface area (Å²) >= 11 is 11.5. The van der Waals surface area contributed by atoms with E-state index in [0.717, 1.165) is 0 Å². The van der Waals surface area contributed by atoms with Crippen molar-refractivity contribution in [2.75, 3.05) is 0 Å². The number of benzene rings is 2. The summed E-state index contributed by atoms with van der Waals surface area (Å²) < 4.78 is 0. The van der Waals surface area contributed by atoms with Crippen LogP contribution < -0.4 is 0 Å². The number of allylic oxidation sites excluding steroid dienone is 2. The molecule has 0 heterocycles. The number of aliphatic hydroxyl groups excluding tert-OH is 2. The number of hydrogen-bond acceptors (Lipinski definition) is 10. The van der Waals surface area contributed by atoms with Crippen molar-refractivity contribution in [1.29, 1.82) is 10.5 Å². The first-order chi connectivity index (χ1) is 19.4. The summed E-state index contributed by atoms with van der Waals surface area (Å²) in [7, 11) is 0. The molecular weight excluding hydrogens is 616 g/mol. The number of nitro benzene ring substituents is 2. The number of Topliss-reactive ketones (excluding diaryl/α,β-unsaturated/α-hetero) is 2. The second-order valence-corrected chi connectivity index (χ2v) is 10.9. The second kappa shape index (κ2) is 16.6. The third kappa shape index (κ3) is 10.6. The summed E-state index contributed by atoms with van der Waals surface area (Å²) in [6, 6.07) is 11.4. The number of hydrogen-bond donors (Lipinski definition) is 2. The van der Waals surface area contributed by atoms with Gasteiger partial charge in [0.15, 0.2) is 0 Å². The van der Waals surface area contributed by atoms with Crippen molar-refractivity contribution in [2.45, 2.75) is 40.5 Å². The largest absolute Gasteiger partial charge is 2.00 e. The van der Waals surface area contributed by atoms with E-state index in [4.69, 9.17) is 43.9 Å². The molecule has 12 nitrogen and oxygen atoms in total. The zero-order chi connectivity index (χ0) is 32.4. The van der Waals surface area contributed by atoms with Gasteiger partial charge in [0.1, 0.15) is 0 Å². The van der Waals surface area contributed by atoms with Gasteiger partial charge in [-0.2, -0.15) is 0 Å². The van der Waals surface area contributed by atoms with Gasteiger partial charge in [0.25, 0.3) is 11.4 Å². The maximum atomic E-state index is 12.1. The van der Waals surface area contributed by atoms with Gasteiger partial charge in [-0.3, -0.25) is 30.8 Å². The fourth-order valence-electron chi connectivity index (χ4n) is 3.76. The van der Waals surface area contributed by atoms with E-state index in [9.17, 15) is 29.8 Å². The molecule has 0 saturated heterocycles. The first kappa shape index (κ1) is 39.0. The molecule has 220 valence electrons. The number of rotatable bonds is 10. The van der Waals surface area contributed by atoms with Gasteiger partial charge in [-0.1, -0.05) is 75.2 Å². The summed E-state index contributed by atoms with van der Waals surface area (Å²) in [5.74, 6) is -1.28. The Morgan fingerprint density at radius 2 is 1.09 bits per heavy atom. The van der Waals surface area contributed by atoms with Gasteiger partial charge < -0.3 is 19.8 Å². The molecule has 2 rings (SSSR count). The first-order valence-corrected chi connectivity index (χ1v) is 12.5. The second-order valence-electron chi connectivity index (χ2n) is 10.0. The van der Waals surface area contributed by atoms with Crippen molar-refractivity contribution in [3.8, 4) is 12.1 Å². The maximum absolute atomic E-state index is 12.1. The molecule has 0 saturated carbocycles. The Morgan fingerprint density at radius 1 is 0.791 bits per heavy atom. The van der Waals surface area contributed by atoms with Crippen LogP contribution in [0, 0.1) is 66.2 Å². The smallest absolute Gasteiger partial charge is 0.573 e. The quantitative estimate of drug-likeness (QED) is 0.0595. The van der Waals surface area contributed by atoms with Gasteiger partial charge in [-0.05, 0) is 47.0 Å². The van der Waals surface area contributed by atoms with Crippen molar-refractivity contribution < 1.29 is 29.6 Å². The van der Waals surface area contributed by atoms with Crippen LogP contribution >= 0.6 is 23.2 Å². The monoisotopic (exact) mass is 638 g/mol. The van der Waals surface area contributed by atoms with Crippen LogP contribution in [0.4, 0.5) is 11.4 Å². The molecule has 0 bridgehead atoms. The van der Waals surface area contributed by atoms with Gasteiger partial charge in [-0.15, -0.1) is 0 Å². The summed E-state index contributed by atoms with van der Waals surface area (Å²) in [4.78, 5) is 45.1. The van der Waals surface area contributed by atoms with Crippen LogP contribution in [0.3, 0.4) is 0 Å². The Bertz CT molecular complexity index is 1440. The Kier molecular flexibility index (Phi) is 15.0. The fraction of sp³-hybridized carbons (Fsp3) is 0.286. The first-order valence-electron chi connectivity index (χ1n) is 11.7. The van der Waals surface area contributed by atoms with Crippen LogP contribution in [0.15, 0.2) is 47.5 Å². The summed E-state index contributed by atoms with van der Waals surface area (Å²) in [5, 5.41) is 57.5. The van der Waals surface area contributed by atoms with Crippen molar-refractivity contribution in [2.24, 2.45) is 10.8 Å². The Balaban J connectivity index is 0.000000802. The molecule has 0 aromatic heterocycles. The van der Waals surface area contributed by atoms with Gasteiger partial charge in [-0.25, -0.2) is 0 Å². The molecule has 0 aliphatic carbocycles. The predicted octanol–water partition coefficient (Wildman–Crippen LogP) is 5.93. The molecule has 0 aliphatic heterocycles. The van der Waals surface area contributed by atoms with Gasteiger partial charge >= 0.3 is 23.1 Å². The summed E-state index contributed by atoms with van der Waals surface area (Å²) in [6.45, 7) is 6.12. The fourth-order valence-corrected chi connectivity index (χ4v) is 4.09. The minimum absolute atomic E-state index is 0. The molecule has 15 heteroatoms. The van der Waals surface area contributed by atoms with Crippen molar-refractivity contribution in [3.05, 3.63) is 101 Å². The molecule has 0 fully saturated rings. The zero-order valence-corrected chi connectivity index (χ0v) is 26.4. The molecule has 0 spiro atoms. The predicted molar refractivity (Wildman–Crippen MR) is 157 cm³/mol. The normalized spacial score (nSPS) is 11.5. The number of nitro groups is 2. The molecule has 43 heavy (non-hydrogen) atoms. The molecule has 2 N–H and O–H groups in total. The van der Waals surface area contributed by atoms with E-state index in [1.807, 2.05) is 0 Å². The van der Waals surface area contributed by atoms with E-state index in [0.29, 0.717) is 11.1 Å². The third-order valence-corrected chi connectivity index (χ3v) is 6.35. The van der Waals surface area contributed by atoms with Crippen molar-refractivity contribution >= 4 is 69.2 Å². The van der Waals surface area contributed by atoms with Crippen molar-refractivity contribution in [1.82, 2.24) is 0 Å². The van der Waals surface area contributed by atoms with Crippen LogP contribution in [0.1, 0.15) is 38.8 Å². The average molecular weight is 640 g/mol. The standard InChI is InChI=1S/2C14H12ClN2O4.Mg/c2*1-14(2,13(19)10(7-16)8-18)6-9-3-4-11(15)5-12(9)17(20)21;/h2*3-5,18H,6H2,1-2H3;/q2*-1;+2. The number of halogens is 2.